The fraction of sp³-hybridized carbons (Fsp3) is 0.318. The maximum Gasteiger partial charge on any atom is 0.408 e. The van der Waals surface area contributed by atoms with Crippen LogP contribution in [0.25, 0.3) is 10.1 Å². The van der Waals surface area contributed by atoms with Gasteiger partial charge in [-0.05, 0) is 50.0 Å². The third kappa shape index (κ3) is 5.93. The van der Waals surface area contributed by atoms with Crippen molar-refractivity contribution in [3.63, 3.8) is 0 Å². The fourth-order valence-electron chi connectivity index (χ4n) is 2.85. The zero-order chi connectivity index (χ0) is 21.6. The van der Waals surface area contributed by atoms with Crippen LogP contribution in [0.2, 0.25) is 0 Å². The molecule has 0 saturated heterocycles. The number of anilines is 1. The summed E-state index contributed by atoms with van der Waals surface area (Å²) in [6.45, 7) is 6.21. The number of nitrogens with zero attached hydrogens (tertiary/aromatic N) is 1. The molecule has 0 radical (unpaired) electrons. The molecule has 0 spiro atoms. The molecule has 0 aliphatic rings. The van der Waals surface area contributed by atoms with Crippen LogP contribution < -0.4 is 16.0 Å². The highest BCUT2D eigenvalue weighted by molar-refractivity contribution is 7.13. The first kappa shape index (κ1) is 21.6. The van der Waals surface area contributed by atoms with E-state index in [9.17, 15) is 9.59 Å². The Balaban J connectivity index is 1.58. The first-order chi connectivity index (χ1) is 14.3. The Hall–Kier alpha value is -3.13. The molecule has 2 aromatic carbocycles. The number of amides is 2. The predicted octanol–water partition coefficient (Wildman–Crippen LogP) is 4.09. The minimum atomic E-state index is -0.846. The van der Waals surface area contributed by atoms with E-state index in [1.54, 1.807) is 32.9 Å². The lowest BCUT2D eigenvalue weighted by Gasteiger charge is -2.23. The van der Waals surface area contributed by atoms with Crippen molar-refractivity contribution in [3.05, 3.63) is 60.2 Å². The Morgan fingerprint density at radius 3 is 2.47 bits per heavy atom. The maximum absolute atomic E-state index is 12.8. The molecule has 2 amide bonds. The van der Waals surface area contributed by atoms with Crippen LogP contribution in [0, 0.1) is 0 Å². The van der Waals surface area contributed by atoms with E-state index in [1.165, 1.54) is 11.5 Å². The Bertz CT molecular complexity index is 998. The van der Waals surface area contributed by atoms with Crippen LogP contribution in [0.4, 0.5) is 10.6 Å². The van der Waals surface area contributed by atoms with Gasteiger partial charge in [-0.15, -0.1) is 0 Å². The van der Waals surface area contributed by atoms with Gasteiger partial charge < -0.3 is 20.7 Å². The van der Waals surface area contributed by atoms with Crippen molar-refractivity contribution < 1.29 is 14.3 Å². The number of alkyl carbamates (subject to hydrolysis) is 1. The molecule has 3 rings (SSSR count). The van der Waals surface area contributed by atoms with Crippen molar-refractivity contribution in [1.29, 1.82) is 0 Å². The van der Waals surface area contributed by atoms with Gasteiger partial charge in [0.05, 0.1) is 4.70 Å². The monoisotopic (exact) mass is 426 g/mol. The third-order valence-electron chi connectivity index (χ3n) is 4.15. The minimum absolute atomic E-state index is 0.308. The van der Waals surface area contributed by atoms with Gasteiger partial charge in [0.2, 0.25) is 5.91 Å². The molecular weight excluding hydrogens is 400 g/mol. The summed E-state index contributed by atoms with van der Waals surface area (Å²) in [7, 11) is 0. The van der Waals surface area contributed by atoms with Gasteiger partial charge in [-0.1, -0.05) is 42.5 Å². The third-order valence-corrected chi connectivity index (χ3v) is 4.98. The molecule has 158 valence electrons. The van der Waals surface area contributed by atoms with Crippen LogP contribution in [0.1, 0.15) is 32.4 Å². The lowest BCUT2D eigenvalue weighted by molar-refractivity contribution is -0.123. The summed E-state index contributed by atoms with van der Waals surface area (Å²) < 4.78 is 10.8. The first-order valence-electron chi connectivity index (χ1n) is 9.74. The quantitative estimate of drug-likeness (QED) is 0.495. The number of carbonyl (C=O) groups excluding carboxylic acids is 2. The summed E-state index contributed by atoms with van der Waals surface area (Å²) in [4.78, 5) is 25.0. The lowest BCUT2D eigenvalue weighted by atomic mass is 10.1. The second kappa shape index (κ2) is 9.58. The standard InChI is InChI=1S/C22H26N4O3S/c1-22(2,3)29-21(28)25-18(15-9-5-4-6-10-15)20(27)24-14-13-23-19-16-11-7-8-12-17(16)30-26-19/h4-12,18H,13-14H2,1-3H3,(H,23,26)(H,24,27)(H,25,28). The number of rotatable bonds is 7. The molecule has 1 aromatic heterocycles. The number of fused-ring (bicyclic) bond motifs is 1. The summed E-state index contributed by atoms with van der Waals surface area (Å²) >= 11 is 1.43. The van der Waals surface area contributed by atoms with Crippen LogP contribution in [-0.2, 0) is 9.53 Å². The summed E-state index contributed by atoms with van der Waals surface area (Å²) in [5.74, 6) is 0.494. The number of hydrogen-bond donors (Lipinski definition) is 3. The van der Waals surface area contributed by atoms with Crippen LogP contribution in [0.5, 0.6) is 0 Å². The van der Waals surface area contributed by atoms with Crippen molar-refractivity contribution in [2.24, 2.45) is 0 Å². The number of aromatic nitrogens is 1. The van der Waals surface area contributed by atoms with Crippen molar-refractivity contribution in [2.45, 2.75) is 32.4 Å². The second-order valence-corrected chi connectivity index (χ2v) is 8.54. The molecule has 7 nitrogen and oxygen atoms in total. The van der Waals surface area contributed by atoms with E-state index < -0.39 is 17.7 Å². The largest absolute Gasteiger partial charge is 0.444 e. The average molecular weight is 427 g/mol. The SMILES string of the molecule is CC(C)(C)OC(=O)NC(C(=O)NCCNc1nsc2ccccc12)c1ccccc1. The Morgan fingerprint density at radius 1 is 1.03 bits per heavy atom. The molecule has 1 atom stereocenters. The topological polar surface area (TPSA) is 92.3 Å². The normalized spacial score (nSPS) is 12.2. The van der Waals surface area contributed by atoms with Crippen molar-refractivity contribution >= 4 is 39.4 Å². The van der Waals surface area contributed by atoms with Crippen LogP contribution >= 0.6 is 11.5 Å². The van der Waals surface area contributed by atoms with Gasteiger partial charge in [-0.2, -0.15) is 4.37 Å². The number of benzene rings is 2. The van der Waals surface area contributed by atoms with Gasteiger partial charge in [0, 0.05) is 18.5 Å². The smallest absolute Gasteiger partial charge is 0.408 e. The van der Waals surface area contributed by atoms with Gasteiger partial charge >= 0.3 is 6.09 Å². The molecule has 0 aliphatic carbocycles. The van der Waals surface area contributed by atoms with Crippen molar-refractivity contribution in [3.8, 4) is 0 Å². The number of ether oxygens (including phenoxy) is 1. The van der Waals surface area contributed by atoms with Gasteiger partial charge in [0.1, 0.15) is 17.5 Å². The molecule has 3 aromatic rings. The lowest BCUT2D eigenvalue weighted by Crippen LogP contribution is -2.43. The first-order valence-corrected chi connectivity index (χ1v) is 10.5. The summed E-state index contributed by atoms with van der Waals surface area (Å²) in [5.41, 5.74) is 0.0292. The number of carbonyl (C=O) groups is 2. The Labute approximate surface area is 180 Å². The van der Waals surface area contributed by atoms with Crippen molar-refractivity contribution in [2.75, 3.05) is 18.4 Å². The van der Waals surface area contributed by atoms with E-state index in [-0.39, 0.29) is 5.91 Å². The highest BCUT2D eigenvalue weighted by Gasteiger charge is 2.25. The molecule has 30 heavy (non-hydrogen) atoms. The second-order valence-electron chi connectivity index (χ2n) is 7.74. The van der Waals surface area contributed by atoms with Crippen LogP contribution in [0.15, 0.2) is 54.6 Å². The van der Waals surface area contributed by atoms with Crippen molar-refractivity contribution in [1.82, 2.24) is 15.0 Å². The van der Waals surface area contributed by atoms with Crippen LogP contribution in [0.3, 0.4) is 0 Å². The summed E-state index contributed by atoms with van der Waals surface area (Å²) in [5, 5.41) is 9.83. The minimum Gasteiger partial charge on any atom is -0.444 e. The fourth-order valence-corrected chi connectivity index (χ4v) is 3.61. The van der Waals surface area contributed by atoms with Gasteiger partial charge in [-0.25, -0.2) is 4.79 Å². The zero-order valence-electron chi connectivity index (χ0n) is 17.3. The van der Waals surface area contributed by atoms with E-state index in [1.807, 2.05) is 42.5 Å². The van der Waals surface area contributed by atoms with E-state index in [4.69, 9.17) is 4.74 Å². The maximum atomic E-state index is 12.8. The molecule has 0 saturated carbocycles. The average Bonchev–Trinajstić information content (AvgIpc) is 3.12. The Kier molecular flexibility index (Phi) is 6.89. The molecule has 1 unspecified atom stereocenters. The Morgan fingerprint density at radius 2 is 1.73 bits per heavy atom. The van der Waals surface area contributed by atoms with Gasteiger partial charge in [0.15, 0.2) is 0 Å². The number of nitrogens with one attached hydrogen (secondary N) is 3. The summed E-state index contributed by atoms with van der Waals surface area (Å²) in [6.07, 6.45) is -0.640. The zero-order valence-corrected chi connectivity index (χ0v) is 18.1. The highest BCUT2D eigenvalue weighted by atomic mass is 32.1. The van der Waals surface area contributed by atoms with E-state index >= 15 is 0 Å². The van der Waals surface area contributed by atoms with Gasteiger partial charge in [0.25, 0.3) is 0 Å². The molecule has 1 heterocycles. The van der Waals surface area contributed by atoms with E-state index in [0.717, 1.165) is 15.9 Å². The molecule has 0 bridgehead atoms. The molecule has 0 fully saturated rings. The summed E-state index contributed by atoms with van der Waals surface area (Å²) in [6, 6.07) is 16.2. The molecular formula is C22H26N4O3S. The molecule has 8 heteroatoms. The van der Waals surface area contributed by atoms with Crippen LogP contribution in [-0.4, -0.2) is 35.1 Å². The number of hydrogen-bond acceptors (Lipinski definition) is 6. The molecule has 0 aliphatic heterocycles. The van der Waals surface area contributed by atoms with Gasteiger partial charge in [-0.3, -0.25) is 4.79 Å². The predicted molar refractivity (Wildman–Crippen MR) is 120 cm³/mol. The highest BCUT2D eigenvalue weighted by Crippen LogP contribution is 2.25. The van der Waals surface area contributed by atoms with E-state index in [2.05, 4.69) is 20.3 Å². The van der Waals surface area contributed by atoms with E-state index in [0.29, 0.717) is 18.7 Å². The molecule has 3 N–H and O–H groups in total.